The number of hydrogen-bond acceptors (Lipinski definition) is 2. The molecule has 0 aromatic carbocycles. The Morgan fingerprint density at radius 1 is 1.12 bits per heavy atom. The molecule has 1 N–H and O–H groups in total. The van der Waals surface area contributed by atoms with Crippen LogP contribution in [0.3, 0.4) is 0 Å². The molecular formula is C14H30N2. The van der Waals surface area contributed by atoms with Crippen molar-refractivity contribution in [2.24, 2.45) is 5.92 Å². The number of likely N-dealkylation sites (tertiary alicyclic amines) is 1. The maximum absolute atomic E-state index is 3.31. The Hall–Kier alpha value is -0.0800. The van der Waals surface area contributed by atoms with Crippen LogP contribution in [0.2, 0.25) is 0 Å². The first kappa shape index (κ1) is 14.0. The Kier molecular flexibility index (Phi) is 7.06. The van der Waals surface area contributed by atoms with Gasteiger partial charge in [0.2, 0.25) is 0 Å². The number of hydrogen-bond donors (Lipinski definition) is 1. The molecule has 0 aliphatic carbocycles. The van der Waals surface area contributed by atoms with Gasteiger partial charge in [-0.15, -0.1) is 0 Å². The Morgan fingerprint density at radius 2 is 1.69 bits per heavy atom. The van der Waals surface area contributed by atoms with E-state index >= 15 is 0 Å². The molecule has 16 heavy (non-hydrogen) atoms. The molecular weight excluding hydrogens is 196 g/mol. The molecule has 1 aliphatic rings. The van der Waals surface area contributed by atoms with E-state index in [1.54, 1.807) is 0 Å². The third-order valence-corrected chi connectivity index (χ3v) is 3.90. The average Bonchev–Trinajstić information content (AvgIpc) is 2.30. The normalized spacial score (nSPS) is 19.5. The third-order valence-electron chi connectivity index (χ3n) is 3.90. The molecule has 0 radical (unpaired) electrons. The Balaban J connectivity index is 2.31. The molecule has 0 unspecified atom stereocenters. The maximum atomic E-state index is 3.31. The van der Waals surface area contributed by atoms with Crippen LogP contribution < -0.4 is 5.32 Å². The zero-order valence-electron chi connectivity index (χ0n) is 11.5. The van der Waals surface area contributed by atoms with E-state index in [0.717, 1.165) is 12.0 Å². The Bertz CT molecular complexity index is 156. The number of piperidine rings is 1. The van der Waals surface area contributed by atoms with Crippen molar-refractivity contribution in [3.05, 3.63) is 0 Å². The minimum atomic E-state index is 0.866. The highest BCUT2D eigenvalue weighted by atomic mass is 15.2. The average molecular weight is 226 g/mol. The fourth-order valence-electron chi connectivity index (χ4n) is 2.99. The first-order valence-electron chi connectivity index (χ1n) is 7.20. The van der Waals surface area contributed by atoms with Crippen molar-refractivity contribution in [1.29, 1.82) is 0 Å². The van der Waals surface area contributed by atoms with E-state index in [4.69, 9.17) is 0 Å². The van der Waals surface area contributed by atoms with Crippen LogP contribution in [-0.4, -0.2) is 37.6 Å². The van der Waals surface area contributed by atoms with E-state index in [9.17, 15) is 0 Å². The van der Waals surface area contributed by atoms with E-state index in [-0.39, 0.29) is 0 Å². The Morgan fingerprint density at radius 3 is 2.12 bits per heavy atom. The van der Waals surface area contributed by atoms with Crippen molar-refractivity contribution < 1.29 is 0 Å². The van der Waals surface area contributed by atoms with Crippen LogP contribution in [-0.2, 0) is 0 Å². The molecule has 1 aliphatic heterocycles. The predicted molar refractivity (Wildman–Crippen MR) is 71.8 cm³/mol. The summed E-state index contributed by atoms with van der Waals surface area (Å²) in [4.78, 5) is 2.75. The minimum absolute atomic E-state index is 0.866. The van der Waals surface area contributed by atoms with Gasteiger partial charge in [0.05, 0.1) is 0 Å². The van der Waals surface area contributed by atoms with Gasteiger partial charge < -0.3 is 10.2 Å². The second kappa shape index (κ2) is 8.08. The lowest BCUT2D eigenvalue weighted by molar-refractivity contribution is 0.119. The summed E-state index contributed by atoms with van der Waals surface area (Å²) < 4.78 is 0. The quantitative estimate of drug-likeness (QED) is 0.718. The van der Waals surface area contributed by atoms with Gasteiger partial charge in [0.15, 0.2) is 0 Å². The van der Waals surface area contributed by atoms with Crippen LogP contribution in [0.5, 0.6) is 0 Å². The van der Waals surface area contributed by atoms with Gasteiger partial charge in [-0.3, -0.25) is 0 Å². The molecule has 0 aromatic heterocycles. The van der Waals surface area contributed by atoms with Gasteiger partial charge in [-0.05, 0) is 58.3 Å². The number of nitrogens with zero attached hydrogens (tertiary/aromatic N) is 1. The molecule has 0 atom stereocenters. The van der Waals surface area contributed by atoms with Crippen molar-refractivity contribution in [2.75, 3.05) is 26.7 Å². The summed E-state index contributed by atoms with van der Waals surface area (Å²) in [6.07, 6.45) is 8.24. The summed E-state index contributed by atoms with van der Waals surface area (Å²) in [5.41, 5.74) is 0. The molecule has 1 heterocycles. The van der Waals surface area contributed by atoms with Gasteiger partial charge in [-0.2, -0.15) is 0 Å². The maximum Gasteiger partial charge on any atom is 0.00950 e. The summed E-state index contributed by atoms with van der Waals surface area (Å²) in [5.74, 6) is 0.921. The lowest BCUT2D eigenvalue weighted by Gasteiger charge is -2.37. The minimum Gasteiger partial charge on any atom is -0.319 e. The molecule has 0 bridgehead atoms. The summed E-state index contributed by atoms with van der Waals surface area (Å²) in [7, 11) is 2.07. The molecule has 1 saturated heterocycles. The SMILES string of the molecule is CCCC(CCC)N1CCC(CNC)CC1. The molecule has 96 valence electrons. The molecule has 0 spiro atoms. The van der Waals surface area contributed by atoms with E-state index in [2.05, 4.69) is 31.1 Å². The van der Waals surface area contributed by atoms with E-state index < -0.39 is 0 Å². The molecule has 1 rings (SSSR count). The highest BCUT2D eigenvalue weighted by molar-refractivity contribution is 4.78. The molecule has 2 heteroatoms. The first-order valence-corrected chi connectivity index (χ1v) is 7.20. The lowest BCUT2D eigenvalue weighted by Crippen LogP contribution is -2.42. The fraction of sp³-hybridized carbons (Fsp3) is 1.00. The first-order chi connectivity index (χ1) is 7.81. The lowest BCUT2D eigenvalue weighted by atomic mass is 9.94. The second-order valence-corrected chi connectivity index (χ2v) is 5.27. The highest BCUT2D eigenvalue weighted by Gasteiger charge is 2.23. The van der Waals surface area contributed by atoms with E-state index in [0.29, 0.717) is 0 Å². The van der Waals surface area contributed by atoms with Gasteiger partial charge in [0, 0.05) is 6.04 Å². The van der Waals surface area contributed by atoms with Crippen LogP contribution in [0, 0.1) is 5.92 Å². The standard InChI is InChI=1S/C14H30N2/c1-4-6-14(7-5-2)16-10-8-13(9-11-16)12-15-3/h13-15H,4-12H2,1-3H3. The topological polar surface area (TPSA) is 15.3 Å². The summed E-state index contributed by atoms with van der Waals surface area (Å²) in [5, 5.41) is 3.31. The smallest absolute Gasteiger partial charge is 0.00950 e. The van der Waals surface area contributed by atoms with Crippen molar-refractivity contribution in [1.82, 2.24) is 10.2 Å². The predicted octanol–water partition coefficient (Wildman–Crippen LogP) is 2.89. The van der Waals surface area contributed by atoms with Crippen LogP contribution in [0.4, 0.5) is 0 Å². The second-order valence-electron chi connectivity index (χ2n) is 5.27. The third kappa shape index (κ3) is 4.42. The fourth-order valence-corrected chi connectivity index (χ4v) is 2.99. The zero-order valence-corrected chi connectivity index (χ0v) is 11.5. The van der Waals surface area contributed by atoms with Crippen LogP contribution >= 0.6 is 0 Å². The van der Waals surface area contributed by atoms with Crippen LogP contribution in [0.25, 0.3) is 0 Å². The van der Waals surface area contributed by atoms with E-state index in [1.807, 2.05) is 0 Å². The summed E-state index contributed by atoms with van der Waals surface area (Å²) >= 11 is 0. The largest absolute Gasteiger partial charge is 0.319 e. The van der Waals surface area contributed by atoms with Gasteiger partial charge >= 0.3 is 0 Å². The van der Waals surface area contributed by atoms with Gasteiger partial charge in [0.25, 0.3) is 0 Å². The van der Waals surface area contributed by atoms with Crippen LogP contribution in [0.1, 0.15) is 52.4 Å². The van der Waals surface area contributed by atoms with Crippen molar-refractivity contribution >= 4 is 0 Å². The highest BCUT2D eigenvalue weighted by Crippen LogP contribution is 2.22. The number of nitrogens with one attached hydrogen (secondary N) is 1. The van der Waals surface area contributed by atoms with Gasteiger partial charge in [-0.1, -0.05) is 26.7 Å². The zero-order chi connectivity index (χ0) is 11.8. The summed E-state index contributed by atoms with van der Waals surface area (Å²) in [6.45, 7) is 8.50. The van der Waals surface area contributed by atoms with E-state index in [1.165, 1.54) is 58.2 Å². The molecule has 0 saturated carbocycles. The summed E-state index contributed by atoms with van der Waals surface area (Å²) in [6, 6.07) is 0.866. The van der Waals surface area contributed by atoms with Gasteiger partial charge in [0.1, 0.15) is 0 Å². The Labute approximate surface area is 102 Å². The molecule has 1 fully saturated rings. The molecule has 0 aromatic rings. The van der Waals surface area contributed by atoms with Crippen molar-refractivity contribution in [3.63, 3.8) is 0 Å². The van der Waals surface area contributed by atoms with Crippen LogP contribution in [0.15, 0.2) is 0 Å². The van der Waals surface area contributed by atoms with Crippen molar-refractivity contribution in [2.45, 2.75) is 58.4 Å². The number of rotatable bonds is 7. The van der Waals surface area contributed by atoms with Crippen molar-refractivity contribution in [3.8, 4) is 0 Å². The van der Waals surface area contributed by atoms with Gasteiger partial charge in [-0.25, -0.2) is 0 Å². The monoisotopic (exact) mass is 226 g/mol. The molecule has 2 nitrogen and oxygen atoms in total. The molecule has 0 amide bonds.